The highest BCUT2D eigenvalue weighted by molar-refractivity contribution is 5.97. The molecule has 1 unspecified atom stereocenters. The number of benzene rings is 1. The summed E-state index contributed by atoms with van der Waals surface area (Å²) in [6.07, 6.45) is 4.88. The lowest BCUT2D eigenvalue weighted by Gasteiger charge is -2.17. The van der Waals surface area contributed by atoms with Gasteiger partial charge in [0, 0.05) is 17.9 Å². The van der Waals surface area contributed by atoms with Crippen LogP contribution < -0.4 is 11.1 Å². The number of hydrogen-bond acceptors (Lipinski definition) is 4. The van der Waals surface area contributed by atoms with Gasteiger partial charge in [-0.1, -0.05) is 33.1 Å². The molecule has 0 bridgehead atoms. The van der Waals surface area contributed by atoms with Gasteiger partial charge in [-0.3, -0.25) is 0 Å². The summed E-state index contributed by atoms with van der Waals surface area (Å²) in [4.78, 5) is 11.7. The molecule has 1 rings (SSSR count). The van der Waals surface area contributed by atoms with Gasteiger partial charge in [0.25, 0.3) is 0 Å². The molecule has 0 amide bonds. The molecule has 4 nitrogen and oxygen atoms in total. The first kappa shape index (κ1) is 17.3. The molecule has 0 radical (unpaired) electrons. The Morgan fingerprint density at radius 3 is 2.67 bits per heavy atom. The Kier molecular flexibility index (Phi) is 7.06. The average Bonchev–Trinajstić information content (AvgIpc) is 2.49. The summed E-state index contributed by atoms with van der Waals surface area (Å²) >= 11 is 0. The van der Waals surface area contributed by atoms with E-state index in [4.69, 9.17) is 10.5 Å². The molecule has 1 aromatic rings. The van der Waals surface area contributed by atoms with Crippen LogP contribution in [0.25, 0.3) is 0 Å². The van der Waals surface area contributed by atoms with E-state index in [1.807, 2.05) is 13.0 Å². The Balaban J connectivity index is 2.79. The summed E-state index contributed by atoms with van der Waals surface area (Å²) in [6, 6.07) is 3.76. The van der Waals surface area contributed by atoms with Gasteiger partial charge in [0.05, 0.1) is 12.7 Å². The predicted molar refractivity (Wildman–Crippen MR) is 88.7 cm³/mol. The Labute approximate surface area is 128 Å². The number of methoxy groups -OCH3 is 1. The van der Waals surface area contributed by atoms with Gasteiger partial charge in [-0.2, -0.15) is 0 Å². The second-order valence-electron chi connectivity index (χ2n) is 5.54. The van der Waals surface area contributed by atoms with Crippen LogP contribution >= 0.6 is 0 Å². The molecule has 0 aliphatic heterocycles. The number of ether oxygens (including phenoxy) is 1. The van der Waals surface area contributed by atoms with Crippen LogP contribution in [0.5, 0.6) is 0 Å². The van der Waals surface area contributed by atoms with Gasteiger partial charge < -0.3 is 15.8 Å². The molecule has 4 heteroatoms. The topological polar surface area (TPSA) is 64.3 Å². The molecule has 21 heavy (non-hydrogen) atoms. The van der Waals surface area contributed by atoms with E-state index in [1.165, 1.54) is 26.4 Å². The average molecular weight is 292 g/mol. The number of anilines is 2. The molecular weight excluding hydrogens is 264 g/mol. The van der Waals surface area contributed by atoms with Crippen LogP contribution in [0, 0.1) is 12.8 Å². The number of carbonyl (C=O) groups excluding carboxylic acids is 1. The van der Waals surface area contributed by atoms with Crippen molar-refractivity contribution in [1.82, 2.24) is 0 Å². The highest BCUT2D eigenvalue weighted by Crippen LogP contribution is 2.24. The van der Waals surface area contributed by atoms with Crippen molar-refractivity contribution in [2.75, 3.05) is 24.7 Å². The fraction of sp³-hybridized carbons (Fsp3) is 0.588. The summed E-state index contributed by atoms with van der Waals surface area (Å²) in [5.74, 6) is 0.265. The first-order chi connectivity index (χ1) is 10.0. The Hall–Kier alpha value is -1.71. The lowest BCUT2D eigenvalue weighted by molar-refractivity contribution is 0.0602. The zero-order valence-electron chi connectivity index (χ0n) is 13.7. The first-order valence-corrected chi connectivity index (χ1v) is 7.75. The van der Waals surface area contributed by atoms with E-state index in [1.54, 1.807) is 6.07 Å². The Bertz CT molecular complexity index is 472. The van der Waals surface area contributed by atoms with Crippen molar-refractivity contribution in [1.29, 1.82) is 0 Å². The van der Waals surface area contributed by atoms with Gasteiger partial charge >= 0.3 is 5.97 Å². The Morgan fingerprint density at radius 1 is 1.38 bits per heavy atom. The number of carbonyl (C=O) groups is 1. The molecule has 0 fully saturated rings. The van der Waals surface area contributed by atoms with Crippen molar-refractivity contribution in [3.05, 3.63) is 23.3 Å². The summed E-state index contributed by atoms with van der Waals surface area (Å²) in [5.41, 5.74) is 8.69. The number of esters is 1. The third-order valence-electron chi connectivity index (χ3n) is 3.93. The van der Waals surface area contributed by atoms with Crippen LogP contribution in [-0.4, -0.2) is 19.6 Å². The SMILES string of the molecule is CCCCC(CC)CNc1cc(C)c(N)c(C(=O)OC)c1. The number of rotatable bonds is 8. The fourth-order valence-corrected chi connectivity index (χ4v) is 2.38. The maximum Gasteiger partial charge on any atom is 0.340 e. The van der Waals surface area contributed by atoms with E-state index in [0.29, 0.717) is 17.2 Å². The van der Waals surface area contributed by atoms with Gasteiger partial charge in [0.1, 0.15) is 0 Å². The maximum atomic E-state index is 11.7. The monoisotopic (exact) mass is 292 g/mol. The summed E-state index contributed by atoms with van der Waals surface area (Å²) in [6.45, 7) is 7.25. The van der Waals surface area contributed by atoms with Crippen molar-refractivity contribution in [2.45, 2.75) is 46.5 Å². The van der Waals surface area contributed by atoms with Gasteiger partial charge in [0.2, 0.25) is 0 Å². The lowest BCUT2D eigenvalue weighted by atomic mass is 9.99. The van der Waals surface area contributed by atoms with E-state index in [0.717, 1.165) is 24.2 Å². The van der Waals surface area contributed by atoms with Crippen LogP contribution in [0.15, 0.2) is 12.1 Å². The highest BCUT2D eigenvalue weighted by atomic mass is 16.5. The molecule has 0 aliphatic rings. The van der Waals surface area contributed by atoms with Crippen LogP contribution in [-0.2, 0) is 4.74 Å². The van der Waals surface area contributed by atoms with Crippen molar-refractivity contribution in [3.8, 4) is 0 Å². The molecule has 0 saturated carbocycles. The zero-order chi connectivity index (χ0) is 15.8. The van der Waals surface area contributed by atoms with Gasteiger partial charge in [-0.15, -0.1) is 0 Å². The van der Waals surface area contributed by atoms with Gasteiger partial charge in [-0.25, -0.2) is 4.79 Å². The predicted octanol–water partition coefficient (Wildman–Crippen LogP) is 3.99. The van der Waals surface area contributed by atoms with Crippen molar-refractivity contribution in [3.63, 3.8) is 0 Å². The summed E-state index contributed by atoms with van der Waals surface area (Å²) in [7, 11) is 1.37. The quantitative estimate of drug-likeness (QED) is 0.561. The van der Waals surface area contributed by atoms with E-state index < -0.39 is 5.97 Å². The second-order valence-corrected chi connectivity index (χ2v) is 5.54. The summed E-state index contributed by atoms with van der Waals surface area (Å²) < 4.78 is 4.78. The molecule has 118 valence electrons. The standard InChI is InChI=1S/C17H28N2O2/c1-5-7-8-13(6-2)11-19-14-9-12(3)16(18)15(10-14)17(20)21-4/h9-10,13,19H,5-8,11,18H2,1-4H3. The lowest BCUT2D eigenvalue weighted by Crippen LogP contribution is -2.15. The minimum absolute atomic E-state index is 0.391. The van der Waals surface area contributed by atoms with Crippen LogP contribution in [0.1, 0.15) is 55.5 Å². The van der Waals surface area contributed by atoms with Crippen molar-refractivity contribution < 1.29 is 9.53 Å². The van der Waals surface area contributed by atoms with Crippen LogP contribution in [0.4, 0.5) is 11.4 Å². The molecule has 3 N–H and O–H groups in total. The van der Waals surface area contributed by atoms with E-state index in [-0.39, 0.29) is 0 Å². The fourth-order valence-electron chi connectivity index (χ4n) is 2.38. The first-order valence-electron chi connectivity index (χ1n) is 7.75. The third kappa shape index (κ3) is 4.96. The molecule has 0 aliphatic carbocycles. The number of aryl methyl sites for hydroxylation is 1. The number of nitrogens with one attached hydrogen (secondary N) is 1. The second kappa shape index (κ2) is 8.55. The largest absolute Gasteiger partial charge is 0.465 e. The molecule has 1 atom stereocenters. The zero-order valence-corrected chi connectivity index (χ0v) is 13.7. The molecule has 0 aromatic heterocycles. The number of unbranched alkanes of at least 4 members (excludes halogenated alkanes) is 1. The highest BCUT2D eigenvalue weighted by Gasteiger charge is 2.14. The van der Waals surface area contributed by atoms with E-state index in [2.05, 4.69) is 19.2 Å². The number of nitrogens with two attached hydrogens (primary N) is 1. The number of hydrogen-bond donors (Lipinski definition) is 2. The molecule has 1 aromatic carbocycles. The van der Waals surface area contributed by atoms with E-state index >= 15 is 0 Å². The maximum absolute atomic E-state index is 11.7. The smallest absolute Gasteiger partial charge is 0.340 e. The normalized spacial score (nSPS) is 12.0. The Morgan fingerprint density at radius 2 is 2.10 bits per heavy atom. The number of nitrogen functional groups attached to an aromatic ring is 1. The van der Waals surface area contributed by atoms with Crippen molar-refractivity contribution in [2.24, 2.45) is 5.92 Å². The molecule has 0 saturated heterocycles. The minimum atomic E-state index is -0.391. The van der Waals surface area contributed by atoms with Crippen LogP contribution in [0.2, 0.25) is 0 Å². The molecule has 0 heterocycles. The van der Waals surface area contributed by atoms with Crippen LogP contribution in [0.3, 0.4) is 0 Å². The van der Waals surface area contributed by atoms with Gasteiger partial charge in [-0.05, 0) is 37.0 Å². The third-order valence-corrected chi connectivity index (χ3v) is 3.93. The van der Waals surface area contributed by atoms with Gasteiger partial charge in [0.15, 0.2) is 0 Å². The molecule has 0 spiro atoms. The molecular formula is C17H28N2O2. The van der Waals surface area contributed by atoms with E-state index in [9.17, 15) is 4.79 Å². The minimum Gasteiger partial charge on any atom is -0.465 e. The van der Waals surface area contributed by atoms with Crippen molar-refractivity contribution >= 4 is 17.3 Å². The summed E-state index contributed by atoms with van der Waals surface area (Å²) in [5, 5.41) is 3.43.